The number of hydrogen-bond acceptors (Lipinski definition) is 3. The number of carbonyl (C=O) groups is 1. The molecule has 0 radical (unpaired) electrons. The van der Waals surface area contributed by atoms with E-state index in [1.54, 1.807) is 18.2 Å². The molecule has 0 aliphatic heterocycles. The number of halogens is 1. The Morgan fingerprint density at radius 2 is 1.92 bits per heavy atom. The second-order valence-electron chi connectivity index (χ2n) is 5.20. The second-order valence-corrected chi connectivity index (χ2v) is 6.07. The van der Waals surface area contributed by atoms with Gasteiger partial charge in [0.05, 0.1) is 16.9 Å². The molecule has 0 fully saturated rings. The van der Waals surface area contributed by atoms with Crippen LogP contribution in [0.2, 0.25) is 0 Å². The van der Waals surface area contributed by atoms with Crippen molar-refractivity contribution in [1.29, 1.82) is 0 Å². The van der Waals surface area contributed by atoms with Gasteiger partial charge < -0.3 is 5.32 Å². The van der Waals surface area contributed by atoms with Crippen LogP contribution in [-0.2, 0) is 0 Å². The quantitative estimate of drug-likeness (QED) is 0.600. The number of fused-ring (bicyclic) bond motifs is 1. The Balaban J connectivity index is 1.70. The van der Waals surface area contributed by atoms with Gasteiger partial charge in [-0.05, 0) is 18.2 Å². The zero-order valence-electron chi connectivity index (χ0n) is 12.4. The van der Waals surface area contributed by atoms with Gasteiger partial charge in [0.2, 0.25) is 0 Å². The number of benzene rings is 2. The van der Waals surface area contributed by atoms with E-state index >= 15 is 0 Å². The van der Waals surface area contributed by atoms with Crippen molar-refractivity contribution in [2.45, 2.75) is 0 Å². The van der Waals surface area contributed by atoms with Crippen LogP contribution >= 0.6 is 11.3 Å². The van der Waals surface area contributed by atoms with Gasteiger partial charge >= 0.3 is 0 Å². The Hall–Kier alpha value is -2.99. The van der Waals surface area contributed by atoms with E-state index in [0.29, 0.717) is 5.69 Å². The minimum atomic E-state index is -0.546. The largest absolute Gasteiger partial charge is 0.321 e. The summed E-state index contributed by atoms with van der Waals surface area (Å²) in [7, 11) is 0. The topological polar surface area (TPSA) is 46.4 Å². The van der Waals surface area contributed by atoms with Crippen molar-refractivity contribution in [2.24, 2.45) is 0 Å². The van der Waals surface area contributed by atoms with E-state index in [-0.39, 0.29) is 5.56 Å². The van der Waals surface area contributed by atoms with Crippen LogP contribution in [0.15, 0.2) is 66.3 Å². The van der Waals surface area contributed by atoms with Gasteiger partial charge in [0.15, 0.2) is 4.96 Å². The summed E-state index contributed by atoms with van der Waals surface area (Å²) < 4.78 is 15.7. The molecule has 2 aromatic carbocycles. The third-order valence-corrected chi connectivity index (χ3v) is 4.43. The van der Waals surface area contributed by atoms with Gasteiger partial charge in [-0.25, -0.2) is 9.37 Å². The Morgan fingerprint density at radius 3 is 2.75 bits per heavy atom. The van der Waals surface area contributed by atoms with E-state index in [1.807, 2.05) is 40.4 Å². The highest BCUT2D eigenvalue weighted by molar-refractivity contribution is 7.15. The average Bonchev–Trinajstić information content (AvgIpc) is 3.17. The van der Waals surface area contributed by atoms with Crippen molar-refractivity contribution < 1.29 is 9.18 Å². The maximum Gasteiger partial charge on any atom is 0.258 e. The smallest absolute Gasteiger partial charge is 0.258 e. The van der Waals surface area contributed by atoms with Crippen LogP contribution in [0.4, 0.5) is 10.1 Å². The summed E-state index contributed by atoms with van der Waals surface area (Å²) in [4.78, 5) is 17.8. The number of amides is 1. The summed E-state index contributed by atoms with van der Waals surface area (Å²) in [5.74, 6) is -1.03. The van der Waals surface area contributed by atoms with Gasteiger partial charge in [-0.2, -0.15) is 0 Å². The molecule has 0 aliphatic rings. The average molecular weight is 337 g/mol. The summed E-state index contributed by atoms with van der Waals surface area (Å²) >= 11 is 1.54. The number of aromatic nitrogens is 2. The molecule has 1 amide bonds. The lowest BCUT2D eigenvalue weighted by Crippen LogP contribution is -2.14. The number of carbonyl (C=O) groups excluding carboxylic acids is 1. The molecular formula is C18H12FN3OS. The lowest BCUT2D eigenvalue weighted by molar-refractivity contribution is 0.102. The van der Waals surface area contributed by atoms with Crippen LogP contribution in [-0.4, -0.2) is 15.3 Å². The van der Waals surface area contributed by atoms with E-state index in [0.717, 1.165) is 16.2 Å². The fourth-order valence-corrected chi connectivity index (χ4v) is 3.21. The van der Waals surface area contributed by atoms with Crippen LogP contribution in [0.25, 0.3) is 16.2 Å². The van der Waals surface area contributed by atoms with E-state index < -0.39 is 11.7 Å². The SMILES string of the molecule is O=C(Nc1ccccc1-c1cn2ccsc2n1)c1ccccc1F. The molecular weight excluding hydrogens is 325 g/mol. The number of imidazole rings is 1. The molecule has 118 valence electrons. The van der Waals surface area contributed by atoms with E-state index in [1.165, 1.54) is 23.5 Å². The molecule has 2 aromatic heterocycles. The van der Waals surface area contributed by atoms with Crippen LogP contribution in [0.5, 0.6) is 0 Å². The maximum absolute atomic E-state index is 13.8. The monoisotopic (exact) mass is 337 g/mol. The van der Waals surface area contributed by atoms with E-state index in [4.69, 9.17) is 0 Å². The molecule has 1 N–H and O–H groups in total. The second kappa shape index (κ2) is 5.90. The molecule has 4 nitrogen and oxygen atoms in total. The van der Waals surface area contributed by atoms with Gasteiger partial charge in [-0.15, -0.1) is 11.3 Å². The molecule has 4 rings (SSSR count). The zero-order valence-corrected chi connectivity index (χ0v) is 13.3. The zero-order chi connectivity index (χ0) is 16.5. The molecule has 0 bridgehead atoms. The van der Waals surface area contributed by atoms with Gasteiger partial charge in [0.1, 0.15) is 5.82 Å². The first-order valence-electron chi connectivity index (χ1n) is 7.30. The summed E-state index contributed by atoms with van der Waals surface area (Å²) in [5.41, 5.74) is 2.15. The van der Waals surface area contributed by atoms with Crippen molar-refractivity contribution in [3.8, 4) is 11.3 Å². The van der Waals surface area contributed by atoms with Crippen molar-refractivity contribution in [3.05, 3.63) is 77.7 Å². The summed E-state index contributed by atoms with van der Waals surface area (Å²) in [6.45, 7) is 0. The molecule has 4 aromatic rings. The molecule has 0 aliphatic carbocycles. The highest BCUT2D eigenvalue weighted by atomic mass is 32.1. The van der Waals surface area contributed by atoms with Crippen molar-refractivity contribution in [2.75, 3.05) is 5.32 Å². The first kappa shape index (κ1) is 14.6. The number of nitrogens with one attached hydrogen (secondary N) is 1. The molecule has 0 saturated carbocycles. The Labute approximate surface area is 141 Å². The molecule has 24 heavy (non-hydrogen) atoms. The standard InChI is InChI=1S/C18H12FN3OS/c19-14-7-3-1-5-12(14)17(23)20-15-8-4-2-6-13(15)16-11-22-9-10-24-18(22)21-16/h1-11H,(H,20,23). The molecule has 2 heterocycles. The first-order chi connectivity index (χ1) is 11.7. The minimum absolute atomic E-state index is 0.0122. The number of rotatable bonds is 3. The fraction of sp³-hybridized carbons (Fsp3) is 0. The summed E-state index contributed by atoms with van der Waals surface area (Å²) in [6.07, 6.45) is 3.83. The minimum Gasteiger partial charge on any atom is -0.321 e. The third kappa shape index (κ3) is 2.57. The molecule has 6 heteroatoms. The summed E-state index contributed by atoms with van der Waals surface area (Å²) in [6, 6.07) is 13.3. The number of nitrogens with zero attached hydrogens (tertiary/aromatic N) is 2. The van der Waals surface area contributed by atoms with Crippen LogP contribution < -0.4 is 5.32 Å². The van der Waals surface area contributed by atoms with Crippen LogP contribution in [0, 0.1) is 5.82 Å². The van der Waals surface area contributed by atoms with Gasteiger partial charge in [-0.3, -0.25) is 9.20 Å². The predicted octanol–water partition coefficient (Wildman–Crippen LogP) is 4.45. The number of para-hydroxylation sites is 1. The van der Waals surface area contributed by atoms with Gasteiger partial charge in [0.25, 0.3) is 5.91 Å². The lowest BCUT2D eigenvalue weighted by Gasteiger charge is -2.10. The van der Waals surface area contributed by atoms with Crippen molar-refractivity contribution in [1.82, 2.24) is 9.38 Å². The first-order valence-corrected chi connectivity index (χ1v) is 8.18. The van der Waals surface area contributed by atoms with E-state index in [9.17, 15) is 9.18 Å². The van der Waals surface area contributed by atoms with E-state index in [2.05, 4.69) is 10.3 Å². The maximum atomic E-state index is 13.8. The van der Waals surface area contributed by atoms with Crippen LogP contribution in [0.1, 0.15) is 10.4 Å². The van der Waals surface area contributed by atoms with Crippen molar-refractivity contribution >= 4 is 27.9 Å². The highest BCUT2D eigenvalue weighted by Crippen LogP contribution is 2.28. The number of thiazole rings is 1. The number of hydrogen-bond donors (Lipinski definition) is 1. The third-order valence-electron chi connectivity index (χ3n) is 3.66. The molecule has 0 saturated heterocycles. The Kier molecular flexibility index (Phi) is 3.59. The predicted molar refractivity (Wildman–Crippen MR) is 92.9 cm³/mol. The van der Waals surface area contributed by atoms with Gasteiger partial charge in [0, 0.05) is 23.3 Å². The fourth-order valence-electron chi connectivity index (χ4n) is 2.51. The molecule has 0 atom stereocenters. The van der Waals surface area contributed by atoms with Crippen molar-refractivity contribution in [3.63, 3.8) is 0 Å². The molecule has 0 unspecified atom stereocenters. The molecule has 0 spiro atoms. The summed E-state index contributed by atoms with van der Waals surface area (Å²) in [5, 5.41) is 4.73. The highest BCUT2D eigenvalue weighted by Gasteiger charge is 2.15. The Morgan fingerprint density at radius 1 is 1.12 bits per heavy atom. The lowest BCUT2D eigenvalue weighted by atomic mass is 10.1. The number of anilines is 1. The normalized spacial score (nSPS) is 10.9. The van der Waals surface area contributed by atoms with Crippen LogP contribution in [0.3, 0.4) is 0 Å². The van der Waals surface area contributed by atoms with Gasteiger partial charge in [-0.1, -0.05) is 30.3 Å². The Bertz CT molecular complexity index is 1010.